The second kappa shape index (κ2) is 5.04. The third-order valence-corrected chi connectivity index (χ3v) is 4.88. The van der Waals surface area contributed by atoms with Gasteiger partial charge in [0.1, 0.15) is 0 Å². The zero-order valence-corrected chi connectivity index (χ0v) is 12.4. The van der Waals surface area contributed by atoms with Gasteiger partial charge in [0.2, 0.25) is 0 Å². The van der Waals surface area contributed by atoms with Crippen LogP contribution in [-0.4, -0.2) is 35.1 Å². The van der Waals surface area contributed by atoms with E-state index in [9.17, 15) is 14.7 Å². The van der Waals surface area contributed by atoms with Crippen LogP contribution in [0.4, 0.5) is 10.5 Å². The van der Waals surface area contributed by atoms with Crippen LogP contribution in [0.15, 0.2) is 29.6 Å². The molecule has 2 heterocycles. The number of nitrogens with one attached hydrogen (secondary N) is 1. The number of nitrogens with zero attached hydrogens (tertiary/aromatic N) is 1. The highest BCUT2D eigenvalue weighted by atomic mass is 32.1. The Morgan fingerprint density at radius 1 is 1.38 bits per heavy atom. The van der Waals surface area contributed by atoms with Gasteiger partial charge in [-0.15, -0.1) is 11.3 Å². The van der Waals surface area contributed by atoms with E-state index in [4.69, 9.17) is 0 Å². The van der Waals surface area contributed by atoms with E-state index >= 15 is 0 Å². The van der Waals surface area contributed by atoms with E-state index in [0.29, 0.717) is 13.0 Å². The van der Waals surface area contributed by atoms with Crippen LogP contribution in [-0.2, 0) is 4.79 Å². The maximum absolute atomic E-state index is 12.2. The molecule has 21 heavy (non-hydrogen) atoms. The number of hydrogen-bond donors (Lipinski definition) is 2. The molecule has 3 rings (SSSR count). The van der Waals surface area contributed by atoms with E-state index in [2.05, 4.69) is 5.32 Å². The summed E-state index contributed by atoms with van der Waals surface area (Å²) in [7, 11) is 0. The Morgan fingerprint density at radius 3 is 2.90 bits per heavy atom. The number of anilines is 1. The Kier molecular flexibility index (Phi) is 3.33. The van der Waals surface area contributed by atoms with Crippen molar-refractivity contribution in [3.63, 3.8) is 0 Å². The van der Waals surface area contributed by atoms with Gasteiger partial charge < -0.3 is 15.3 Å². The van der Waals surface area contributed by atoms with Crippen molar-refractivity contribution < 1.29 is 14.7 Å². The molecule has 1 aliphatic rings. The lowest BCUT2D eigenvalue weighted by Crippen LogP contribution is -2.37. The summed E-state index contributed by atoms with van der Waals surface area (Å²) in [6.07, 6.45) is 0.485. The predicted octanol–water partition coefficient (Wildman–Crippen LogP) is 3.23. The molecule has 0 saturated carbocycles. The minimum absolute atomic E-state index is 0.241. The first kappa shape index (κ1) is 13.9. The number of aliphatic carboxylic acids is 1. The Morgan fingerprint density at radius 2 is 2.19 bits per heavy atom. The number of fused-ring (bicyclic) bond motifs is 1. The number of rotatable bonds is 2. The summed E-state index contributed by atoms with van der Waals surface area (Å²) in [5.74, 6) is -0.850. The molecule has 1 saturated heterocycles. The first-order chi connectivity index (χ1) is 9.98. The Bertz CT molecular complexity index is 712. The molecule has 1 aromatic carbocycles. The van der Waals surface area contributed by atoms with Crippen molar-refractivity contribution in [3.05, 3.63) is 29.6 Å². The number of amides is 2. The van der Waals surface area contributed by atoms with Gasteiger partial charge in [-0.3, -0.25) is 4.79 Å². The topological polar surface area (TPSA) is 69.6 Å². The molecule has 110 valence electrons. The Balaban J connectivity index is 1.70. The van der Waals surface area contributed by atoms with Gasteiger partial charge in [-0.05, 0) is 48.4 Å². The van der Waals surface area contributed by atoms with Crippen LogP contribution >= 0.6 is 11.3 Å². The van der Waals surface area contributed by atoms with Gasteiger partial charge in [-0.25, -0.2) is 4.79 Å². The van der Waals surface area contributed by atoms with Crippen molar-refractivity contribution in [1.82, 2.24) is 4.90 Å². The van der Waals surface area contributed by atoms with E-state index in [1.165, 1.54) is 4.70 Å². The summed E-state index contributed by atoms with van der Waals surface area (Å²) in [6.45, 7) is 2.39. The highest BCUT2D eigenvalue weighted by Gasteiger charge is 2.42. The molecule has 5 nitrogen and oxygen atoms in total. The first-order valence-electron chi connectivity index (χ1n) is 6.74. The van der Waals surface area contributed by atoms with Crippen molar-refractivity contribution in [1.29, 1.82) is 0 Å². The molecule has 0 bridgehead atoms. The largest absolute Gasteiger partial charge is 0.481 e. The van der Waals surface area contributed by atoms with Gasteiger partial charge in [-0.2, -0.15) is 0 Å². The van der Waals surface area contributed by atoms with Crippen LogP contribution in [0.2, 0.25) is 0 Å². The van der Waals surface area contributed by atoms with Gasteiger partial charge in [0.05, 0.1) is 5.41 Å². The zero-order valence-electron chi connectivity index (χ0n) is 11.6. The van der Waals surface area contributed by atoms with Crippen LogP contribution < -0.4 is 5.32 Å². The van der Waals surface area contributed by atoms with E-state index in [1.807, 2.05) is 29.6 Å². The normalized spacial score (nSPS) is 21.7. The molecule has 6 heteroatoms. The molecule has 0 spiro atoms. The standard InChI is InChI=1S/C15H16N2O3S/c1-15(13(18)19)5-6-17(9-15)14(20)16-11-2-3-12-10(8-11)4-7-21-12/h2-4,7-8H,5-6,9H2,1H3,(H,16,20)(H,18,19). The highest BCUT2D eigenvalue weighted by Crippen LogP contribution is 2.31. The summed E-state index contributed by atoms with van der Waals surface area (Å²) < 4.78 is 1.17. The van der Waals surface area contributed by atoms with Gasteiger partial charge >= 0.3 is 12.0 Å². The predicted molar refractivity (Wildman–Crippen MR) is 82.8 cm³/mol. The molecule has 1 aromatic heterocycles. The number of hydrogen-bond acceptors (Lipinski definition) is 3. The van der Waals surface area contributed by atoms with Gasteiger partial charge in [-0.1, -0.05) is 0 Å². The smallest absolute Gasteiger partial charge is 0.321 e. The number of urea groups is 1. The lowest BCUT2D eigenvalue weighted by Gasteiger charge is -2.20. The van der Waals surface area contributed by atoms with E-state index in [1.54, 1.807) is 23.2 Å². The molecule has 2 N–H and O–H groups in total. The summed E-state index contributed by atoms with van der Waals surface area (Å²) in [5.41, 5.74) is -0.107. The van der Waals surface area contributed by atoms with E-state index in [0.717, 1.165) is 11.1 Å². The van der Waals surface area contributed by atoms with Crippen LogP contribution in [0.1, 0.15) is 13.3 Å². The zero-order chi connectivity index (χ0) is 15.0. The number of carbonyl (C=O) groups excluding carboxylic acids is 1. The van der Waals surface area contributed by atoms with Crippen molar-refractivity contribution in [3.8, 4) is 0 Å². The first-order valence-corrected chi connectivity index (χ1v) is 7.62. The summed E-state index contributed by atoms with van der Waals surface area (Å²) in [4.78, 5) is 25.0. The fourth-order valence-electron chi connectivity index (χ4n) is 2.56. The molecular weight excluding hydrogens is 288 g/mol. The third kappa shape index (κ3) is 2.58. The van der Waals surface area contributed by atoms with Crippen molar-refractivity contribution in [2.45, 2.75) is 13.3 Å². The number of carboxylic acids is 1. The lowest BCUT2D eigenvalue weighted by molar-refractivity contribution is -0.146. The maximum Gasteiger partial charge on any atom is 0.321 e. The van der Waals surface area contributed by atoms with Crippen molar-refractivity contribution in [2.24, 2.45) is 5.41 Å². The Labute approximate surface area is 126 Å². The van der Waals surface area contributed by atoms with Crippen molar-refractivity contribution in [2.75, 3.05) is 18.4 Å². The Hall–Kier alpha value is -2.08. The molecule has 1 aliphatic heterocycles. The lowest BCUT2D eigenvalue weighted by atomic mass is 9.90. The van der Waals surface area contributed by atoms with Crippen LogP contribution in [0.5, 0.6) is 0 Å². The van der Waals surface area contributed by atoms with Gasteiger partial charge in [0.15, 0.2) is 0 Å². The number of carbonyl (C=O) groups is 2. The van der Waals surface area contributed by atoms with Crippen LogP contribution in [0.3, 0.4) is 0 Å². The maximum atomic E-state index is 12.2. The quantitative estimate of drug-likeness (QED) is 0.895. The van der Waals surface area contributed by atoms with Crippen LogP contribution in [0.25, 0.3) is 10.1 Å². The second-order valence-corrected chi connectivity index (χ2v) is 6.59. The SMILES string of the molecule is CC1(C(=O)O)CCN(C(=O)Nc2ccc3sccc3c2)C1. The summed E-state index contributed by atoms with van der Waals surface area (Å²) >= 11 is 1.65. The molecule has 1 unspecified atom stereocenters. The van der Waals surface area contributed by atoms with Gasteiger partial charge in [0, 0.05) is 23.5 Å². The van der Waals surface area contributed by atoms with Crippen LogP contribution in [0, 0.1) is 5.41 Å². The molecule has 0 radical (unpaired) electrons. The number of thiophene rings is 1. The number of likely N-dealkylation sites (tertiary alicyclic amines) is 1. The average molecular weight is 304 g/mol. The van der Waals surface area contributed by atoms with Crippen molar-refractivity contribution >= 4 is 39.1 Å². The molecule has 0 aliphatic carbocycles. The molecule has 2 aromatic rings. The molecular formula is C15H16N2O3S. The monoisotopic (exact) mass is 304 g/mol. The molecule has 2 amide bonds. The second-order valence-electron chi connectivity index (χ2n) is 5.64. The average Bonchev–Trinajstić information content (AvgIpc) is 3.05. The van der Waals surface area contributed by atoms with E-state index < -0.39 is 11.4 Å². The fraction of sp³-hybridized carbons (Fsp3) is 0.333. The molecule has 1 fully saturated rings. The summed E-state index contributed by atoms with van der Waals surface area (Å²) in [6, 6.07) is 7.53. The summed E-state index contributed by atoms with van der Waals surface area (Å²) in [5, 5.41) is 15.1. The highest BCUT2D eigenvalue weighted by molar-refractivity contribution is 7.17. The minimum atomic E-state index is -0.850. The number of benzene rings is 1. The fourth-order valence-corrected chi connectivity index (χ4v) is 3.33. The number of carboxylic acid groups (broad SMARTS) is 1. The van der Waals surface area contributed by atoms with Gasteiger partial charge in [0.25, 0.3) is 0 Å². The van der Waals surface area contributed by atoms with E-state index in [-0.39, 0.29) is 12.6 Å². The molecule has 1 atom stereocenters. The minimum Gasteiger partial charge on any atom is -0.481 e. The third-order valence-electron chi connectivity index (χ3n) is 3.98.